The quantitative estimate of drug-likeness (QED) is 0.178. The van der Waals surface area contributed by atoms with Gasteiger partial charge in [-0.2, -0.15) is 5.10 Å². The predicted octanol–water partition coefficient (Wildman–Crippen LogP) is 4.31. The number of nitrogens with zero attached hydrogens (tertiary/aromatic N) is 1. The third-order valence-corrected chi connectivity index (χ3v) is 4.85. The highest BCUT2D eigenvalue weighted by Crippen LogP contribution is 2.29. The van der Waals surface area contributed by atoms with Crippen molar-refractivity contribution < 1.29 is 23.9 Å². The van der Waals surface area contributed by atoms with Crippen molar-refractivity contribution in [3.8, 4) is 11.5 Å². The highest BCUT2D eigenvalue weighted by atomic mass is 35.5. The molecule has 0 fully saturated rings. The molecule has 10 heteroatoms. The average Bonchev–Trinajstić information content (AvgIpc) is 2.81. The van der Waals surface area contributed by atoms with Crippen molar-refractivity contribution in [3.05, 3.63) is 87.9 Å². The Kier molecular flexibility index (Phi) is 8.01. The van der Waals surface area contributed by atoms with E-state index in [-0.39, 0.29) is 22.1 Å². The molecule has 0 atom stereocenters. The van der Waals surface area contributed by atoms with E-state index in [0.717, 1.165) is 0 Å². The molecule has 168 valence electrons. The molecule has 0 aliphatic heterocycles. The van der Waals surface area contributed by atoms with Crippen LogP contribution in [-0.2, 0) is 9.59 Å². The van der Waals surface area contributed by atoms with Crippen molar-refractivity contribution in [1.82, 2.24) is 5.43 Å². The van der Waals surface area contributed by atoms with Gasteiger partial charge in [-0.25, -0.2) is 10.2 Å². The van der Waals surface area contributed by atoms with Gasteiger partial charge in [0.15, 0.2) is 11.5 Å². The minimum Gasteiger partial charge on any atom is -0.493 e. The second kappa shape index (κ2) is 11.1. The van der Waals surface area contributed by atoms with Gasteiger partial charge in [0.2, 0.25) is 0 Å². The van der Waals surface area contributed by atoms with Crippen LogP contribution in [-0.4, -0.2) is 31.1 Å². The number of para-hydroxylation sites is 1. The lowest BCUT2D eigenvalue weighted by molar-refractivity contribution is -0.136. The monoisotopic (exact) mass is 485 g/mol. The highest BCUT2D eigenvalue weighted by Gasteiger charge is 2.16. The van der Waals surface area contributed by atoms with Gasteiger partial charge in [0, 0.05) is 0 Å². The van der Waals surface area contributed by atoms with Gasteiger partial charge in [-0.3, -0.25) is 9.59 Å². The summed E-state index contributed by atoms with van der Waals surface area (Å²) in [5.74, 6) is -2.13. The largest absolute Gasteiger partial charge is 0.493 e. The van der Waals surface area contributed by atoms with Crippen molar-refractivity contribution >= 4 is 52.9 Å². The molecule has 0 aliphatic carbocycles. The number of amides is 2. The summed E-state index contributed by atoms with van der Waals surface area (Å²) in [6, 6.07) is 17.6. The van der Waals surface area contributed by atoms with E-state index < -0.39 is 17.8 Å². The van der Waals surface area contributed by atoms with Gasteiger partial charge in [-0.15, -0.1) is 0 Å². The Morgan fingerprint density at radius 3 is 2.27 bits per heavy atom. The van der Waals surface area contributed by atoms with Gasteiger partial charge in [0.05, 0.1) is 34.6 Å². The van der Waals surface area contributed by atoms with E-state index in [1.165, 1.54) is 25.5 Å². The van der Waals surface area contributed by atoms with Crippen LogP contribution in [0.25, 0.3) is 0 Å². The molecule has 0 aliphatic rings. The zero-order chi connectivity index (χ0) is 23.8. The fraction of sp³-hybridized carbons (Fsp3) is 0.0435. The molecule has 8 nitrogen and oxygen atoms in total. The van der Waals surface area contributed by atoms with Gasteiger partial charge >= 0.3 is 17.8 Å². The zero-order valence-corrected chi connectivity index (χ0v) is 18.7. The van der Waals surface area contributed by atoms with Gasteiger partial charge in [-0.1, -0.05) is 47.5 Å². The normalized spacial score (nSPS) is 10.5. The number of esters is 1. The van der Waals surface area contributed by atoms with E-state index in [4.69, 9.17) is 32.7 Å². The van der Waals surface area contributed by atoms with Gasteiger partial charge in [0.25, 0.3) is 0 Å². The van der Waals surface area contributed by atoms with Gasteiger partial charge in [-0.05, 0) is 48.0 Å². The van der Waals surface area contributed by atoms with Crippen molar-refractivity contribution in [3.63, 3.8) is 0 Å². The van der Waals surface area contributed by atoms with Crippen molar-refractivity contribution in [2.75, 3.05) is 12.4 Å². The number of anilines is 1. The number of carbonyl (C=O) groups is 3. The van der Waals surface area contributed by atoms with E-state index in [0.29, 0.717) is 16.3 Å². The van der Waals surface area contributed by atoms with E-state index in [1.807, 2.05) is 0 Å². The summed E-state index contributed by atoms with van der Waals surface area (Å²) >= 11 is 12.0. The number of ether oxygens (including phenoxy) is 2. The summed E-state index contributed by atoms with van der Waals surface area (Å²) in [5.41, 5.74) is 3.14. The summed E-state index contributed by atoms with van der Waals surface area (Å²) in [4.78, 5) is 36.3. The van der Waals surface area contributed by atoms with Crippen molar-refractivity contribution in [2.45, 2.75) is 0 Å². The first kappa shape index (κ1) is 23.8. The van der Waals surface area contributed by atoms with Crippen LogP contribution < -0.4 is 20.2 Å². The Hall–Kier alpha value is -3.88. The lowest BCUT2D eigenvalue weighted by Gasteiger charge is -2.10. The first-order chi connectivity index (χ1) is 15.9. The lowest BCUT2D eigenvalue weighted by atomic mass is 10.2. The summed E-state index contributed by atoms with van der Waals surface area (Å²) in [5, 5.41) is 6.70. The SMILES string of the molecule is COc1cc(/C=N\NC(=O)C(=O)Nc2ccccc2Cl)ccc1OC(=O)c1ccccc1Cl. The third-order valence-electron chi connectivity index (χ3n) is 4.19. The molecule has 3 rings (SSSR count). The summed E-state index contributed by atoms with van der Waals surface area (Å²) in [6.07, 6.45) is 1.29. The average molecular weight is 486 g/mol. The molecule has 0 unspecified atom stereocenters. The van der Waals surface area contributed by atoms with E-state index >= 15 is 0 Å². The van der Waals surface area contributed by atoms with Crippen LogP contribution in [0.4, 0.5) is 5.69 Å². The second-order valence-corrected chi connectivity index (χ2v) is 7.23. The molecule has 0 saturated heterocycles. The van der Waals surface area contributed by atoms with Crippen LogP contribution in [0.15, 0.2) is 71.8 Å². The van der Waals surface area contributed by atoms with Crippen LogP contribution >= 0.6 is 23.2 Å². The zero-order valence-electron chi connectivity index (χ0n) is 17.2. The summed E-state index contributed by atoms with van der Waals surface area (Å²) < 4.78 is 10.6. The van der Waals surface area contributed by atoms with Crippen LogP contribution in [0, 0.1) is 0 Å². The number of hydrazone groups is 1. The van der Waals surface area contributed by atoms with E-state index in [9.17, 15) is 14.4 Å². The Morgan fingerprint density at radius 1 is 0.879 bits per heavy atom. The van der Waals surface area contributed by atoms with Crippen molar-refractivity contribution in [1.29, 1.82) is 0 Å². The van der Waals surface area contributed by atoms with Crippen molar-refractivity contribution in [2.24, 2.45) is 5.10 Å². The minimum atomic E-state index is -0.983. The number of benzene rings is 3. The number of hydrogen-bond donors (Lipinski definition) is 2. The standard InChI is InChI=1S/C23H17Cl2N3O5/c1-32-20-12-14(10-11-19(20)33-23(31)15-6-2-3-7-16(15)24)13-26-28-22(30)21(29)27-18-9-5-4-8-17(18)25/h2-13H,1H3,(H,27,29)(H,28,30)/b26-13-. The molecule has 0 radical (unpaired) electrons. The molecule has 2 N–H and O–H groups in total. The molecule has 0 spiro atoms. The number of methoxy groups -OCH3 is 1. The summed E-state index contributed by atoms with van der Waals surface area (Å²) in [7, 11) is 1.41. The molecule has 3 aromatic rings. The van der Waals surface area contributed by atoms with Crippen LogP contribution in [0.5, 0.6) is 11.5 Å². The number of nitrogens with one attached hydrogen (secondary N) is 2. The van der Waals surface area contributed by atoms with Crippen LogP contribution in [0.2, 0.25) is 10.0 Å². The maximum atomic E-state index is 12.4. The minimum absolute atomic E-state index is 0.169. The number of hydrogen-bond acceptors (Lipinski definition) is 6. The smallest absolute Gasteiger partial charge is 0.345 e. The maximum Gasteiger partial charge on any atom is 0.345 e. The predicted molar refractivity (Wildman–Crippen MR) is 125 cm³/mol. The number of carbonyl (C=O) groups excluding carboxylic acids is 3. The first-order valence-electron chi connectivity index (χ1n) is 9.42. The van der Waals surface area contributed by atoms with Crippen LogP contribution in [0.3, 0.4) is 0 Å². The highest BCUT2D eigenvalue weighted by molar-refractivity contribution is 6.41. The molecule has 0 bridgehead atoms. The molecule has 0 aromatic heterocycles. The number of rotatable bonds is 6. The molecule has 33 heavy (non-hydrogen) atoms. The molecular weight excluding hydrogens is 469 g/mol. The fourth-order valence-electron chi connectivity index (χ4n) is 2.59. The van der Waals surface area contributed by atoms with Gasteiger partial charge < -0.3 is 14.8 Å². The molecular formula is C23H17Cl2N3O5. The Bertz CT molecular complexity index is 1230. The Morgan fingerprint density at radius 2 is 1.58 bits per heavy atom. The molecule has 2 amide bonds. The Labute approximate surface area is 199 Å². The third kappa shape index (κ3) is 6.31. The Balaban J connectivity index is 1.62. The molecule has 0 saturated carbocycles. The topological polar surface area (TPSA) is 106 Å². The fourth-order valence-corrected chi connectivity index (χ4v) is 2.98. The summed E-state index contributed by atoms with van der Waals surface area (Å²) in [6.45, 7) is 0. The second-order valence-electron chi connectivity index (χ2n) is 6.41. The number of halogens is 2. The van der Waals surface area contributed by atoms with Gasteiger partial charge in [0.1, 0.15) is 0 Å². The van der Waals surface area contributed by atoms with Crippen LogP contribution in [0.1, 0.15) is 15.9 Å². The molecule has 0 heterocycles. The van der Waals surface area contributed by atoms with E-state index in [1.54, 1.807) is 54.6 Å². The first-order valence-corrected chi connectivity index (χ1v) is 10.2. The van der Waals surface area contributed by atoms with E-state index in [2.05, 4.69) is 15.8 Å². The molecule has 3 aromatic carbocycles. The lowest BCUT2D eigenvalue weighted by Crippen LogP contribution is -2.32. The maximum absolute atomic E-state index is 12.4.